The van der Waals surface area contributed by atoms with E-state index in [1.165, 1.54) is 12.8 Å². The number of nitrogens with one attached hydrogen (secondary N) is 1. The third-order valence-electron chi connectivity index (χ3n) is 4.61. The third kappa shape index (κ3) is 13.1. The number of ketones is 1. The maximum absolute atomic E-state index is 11.8. The van der Waals surface area contributed by atoms with E-state index < -0.39 is 0 Å². The summed E-state index contributed by atoms with van der Waals surface area (Å²) in [6.45, 7) is 21.8. The molecule has 0 bridgehead atoms. The minimum absolute atomic E-state index is 0.0290. The molecule has 0 aliphatic heterocycles. The summed E-state index contributed by atoms with van der Waals surface area (Å²) in [5.41, 5.74) is 0.834. The predicted octanol–water partition coefficient (Wildman–Crippen LogP) is 5.89. The van der Waals surface area contributed by atoms with Crippen LogP contribution in [0.1, 0.15) is 93.9 Å². The third-order valence-corrected chi connectivity index (χ3v) is 4.61. The van der Waals surface area contributed by atoms with Gasteiger partial charge in [0.2, 0.25) is 0 Å². The van der Waals surface area contributed by atoms with Crippen molar-refractivity contribution in [1.82, 2.24) is 5.32 Å². The van der Waals surface area contributed by atoms with Crippen molar-refractivity contribution in [3.63, 3.8) is 0 Å². The summed E-state index contributed by atoms with van der Waals surface area (Å²) in [5.74, 6) is 1.18. The average Bonchev–Trinajstić information content (AvgIpc) is 2.43. The monoisotopic (exact) mass is 353 g/mol. The van der Waals surface area contributed by atoms with Gasteiger partial charge in [-0.25, -0.2) is 0 Å². The smallest absolute Gasteiger partial charge is 0.135 e. The number of ether oxygens (including phenoxy) is 1. The number of rotatable bonds is 14. The molecule has 0 atom stereocenters. The Morgan fingerprint density at radius 2 is 1.64 bits per heavy atom. The molecular formula is C22H43NO2. The Balaban J connectivity index is 4.14. The summed E-state index contributed by atoms with van der Waals surface area (Å²) in [7, 11) is 0. The molecule has 148 valence electrons. The normalized spacial score (nSPS) is 12.7. The first-order valence-corrected chi connectivity index (χ1v) is 9.97. The number of hydrogen-bond donors (Lipinski definition) is 1. The molecule has 3 nitrogen and oxygen atoms in total. The van der Waals surface area contributed by atoms with E-state index in [0.29, 0.717) is 18.8 Å². The van der Waals surface area contributed by atoms with Crippen molar-refractivity contribution in [3.8, 4) is 0 Å². The first-order chi connectivity index (χ1) is 11.3. The Morgan fingerprint density at radius 3 is 2.16 bits per heavy atom. The van der Waals surface area contributed by atoms with Crippen molar-refractivity contribution >= 4 is 5.78 Å². The number of carbonyl (C=O) groups is 1. The Kier molecular flexibility index (Phi) is 10.6. The van der Waals surface area contributed by atoms with Crippen LogP contribution in [0.15, 0.2) is 12.3 Å². The molecule has 3 heteroatoms. The molecule has 0 aromatic carbocycles. The summed E-state index contributed by atoms with van der Waals surface area (Å²) in [5, 5.41) is 3.55. The van der Waals surface area contributed by atoms with Crippen molar-refractivity contribution in [2.24, 2.45) is 11.8 Å². The summed E-state index contributed by atoms with van der Waals surface area (Å²) >= 11 is 0. The zero-order chi connectivity index (χ0) is 19.7. The number of Topliss-reactive ketones (excluding diaryl/α,β-unsaturated/α-hetero) is 1. The first-order valence-electron chi connectivity index (χ1n) is 9.97. The molecule has 0 spiro atoms. The van der Waals surface area contributed by atoms with Gasteiger partial charge in [0, 0.05) is 30.2 Å². The average molecular weight is 354 g/mol. The Morgan fingerprint density at radius 1 is 1.04 bits per heavy atom. The van der Waals surface area contributed by atoms with Crippen LogP contribution >= 0.6 is 0 Å². The fourth-order valence-corrected chi connectivity index (χ4v) is 2.69. The van der Waals surface area contributed by atoms with Crippen molar-refractivity contribution in [3.05, 3.63) is 12.3 Å². The van der Waals surface area contributed by atoms with Gasteiger partial charge in [-0.15, -0.1) is 0 Å². The van der Waals surface area contributed by atoms with Gasteiger partial charge in [0.1, 0.15) is 5.78 Å². The molecule has 0 saturated carbocycles. The molecule has 0 radical (unpaired) electrons. The lowest BCUT2D eigenvalue weighted by molar-refractivity contribution is -0.123. The number of allylic oxidation sites excluding steroid dienone is 1. The highest BCUT2D eigenvalue weighted by Gasteiger charge is 2.23. The van der Waals surface area contributed by atoms with Crippen molar-refractivity contribution in [1.29, 1.82) is 0 Å². The Bertz CT molecular complexity index is 408. The second-order valence-corrected chi connectivity index (χ2v) is 9.38. The molecule has 25 heavy (non-hydrogen) atoms. The second kappa shape index (κ2) is 11.0. The van der Waals surface area contributed by atoms with Crippen LogP contribution in [0.5, 0.6) is 0 Å². The minimum Gasteiger partial charge on any atom is -0.384 e. The van der Waals surface area contributed by atoms with Crippen molar-refractivity contribution in [2.45, 2.75) is 105 Å². The predicted molar refractivity (Wildman–Crippen MR) is 109 cm³/mol. The molecule has 0 saturated heterocycles. The first kappa shape index (κ1) is 24.2. The lowest BCUT2D eigenvalue weighted by Crippen LogP contribution is -2.40. The molecule has 0 aliphatic carbocycles. The maximum atomic E-state index is 11.8. The van der Waals surface area contributed by atoms with E-state index in [4.69, 9.17) is 4.74 Å². The summed E-state index contributed by atoms with van der Waals surface area (Å²) in [6.07, 6.45) is 5.75. The van der Waals surface area contributed by atoms with Gasteiger partial charge in [-0.3, -0.25) is 4.79 Å². The van der Waals surface area contributed by atoms with E-state index in [1.807, 2.05) is 13.8 Å². The van der Waals surface area contributed by atoms with Crippen LogP contribution < -0.4 is 5.32 Å². The van der Waals surface area contributed by atoms with Gasteiger partial charge >= 0.3 is 0 Å². The van der Waals surface area contributed by atoms with Crippen molar-refractivity contribution in [2.75, 3.05) is 6.61 Å². The molecule has 0 unspecified atom stereocenters. The van der Waals surface area contributed by atoms with Crippen molar-refractivity contribution < 1.29 is 9.53 Å². The van der Waals surface area contributed by atoms with Crippen LogP contribution in [-0.2, 0) is 9.53 Å². The standard InChI is InChI=1S/C22H43NO2/c1-17(2)11-10-12-19(5)23-21(6,7)15-16-25-22(8,9)14-13-20(24)18(3)4/h17-18,23H,5,10-16H2,1-4,6-9H3. The molecule has 0 amide bonds. The van der Waals surface area contributed by atoms with Crippen LogP contribution in [0.4, 0.5) is 0 Å². The van der Waals surface area contributed by atoms with Crippen LogP contribution in [0.2, 0.25) is 0 Å². The Labute approximate surface area is 157 Å². The van der Waals surface area contributed by atoms with Gasteiger partial charge in [-0.1, -0.05) is 40.7 Å². The number of carbonyl (C=O) groups excluding carboxylic acids is 1. The zero-order valence-electron chi connectivity index (χ0n) is 18.1. The van der Waals surface area contributed by atoms with Gasteiger partial charge in [-0.05, 0) is 59.3 Å². The second-order valence-electron chi connectivity index (χ2n) is 9.38. The molecule has 0 aromatic rings. The van der Waals surface area contributed by atoms with Crippen LogP contribution in [0.3, 0.4) is 0 Å². The topological polar surface area (TPSA) is 38.3 Å². The van der Waals surface area contributed by atoms with E-state index in [0.717, 1.165) is 30.9 Å². The lowest BCUT2D eigenvalue weighted by atomic mass is 9.96. The largest absolute Gasteiger partial charge is 0.384 e. The lowest BCUT2D eigenvalue weighted by Gasteiger charge is -2.31. The van der Waals surface area contributed by atoms with Gasteiger partial charge in [0.15, 0.2) is 0 Å². The zero-order valence-corrected chi connectivity index (χ0v) is 18.1. The van der Waals surface area contributed by atoms with Gasteiger partial charge in [-0.2, -0.15) is 0 Å². The fourth-order valence-electron chi connectivity index (χ4n) is 2.69. The van der Waals surface area contributed by atoms with E-state index >= 15 is 0 Å². The van der Waals surface area contributed by atoms with Gasteiger partial charge in [0.05, 0.1) is 5.60 Å². The van der Waals surface area contributed by atoms with Crippen LogP contribution in [-0.4, -0.2) is 23.5 Å². The van der Waals surface area contributed by atoms with E-state index in [9.17, 15) is 4.79 Å². The molecule has 0 heterocycles. The Hall–Kier alpha value is -0.830. The SMILES string of the molecule is C=C(CCCC(C)C)NC(C)(C)CCOC(C)(C)CCC(=O)C(C)C. The number of hydrogen-bond acceptors (Lipinski definition) is 3. The molecule has 1 N–H and O–H groups in total. The highest BCUT2D eigenvalue weighted by atomic mass is 16.5. The highest BCUT2D eigenvalue weighted by molar-refractivity contribution is 5.80. The van der Waals surface area contributed by atoms with Crippen LogP contribution in [0, 0.1) is 11.8 Å². The highest BCUT2D eigenvalue weighted by Crippen LogP contribution is 2.21. The fraction of sp³-hybridized carbons (Fsp3) is 0.864. The van der Waals surface area contributed by atoms with E-state index in [2.05, 4.69) is 53.4 Å². The molecule has 0 rings (SSSR count). The summed E-state index contributed by atoms with van der Waals surface area (Å²) in [4.78, 5) is 11.8. The van der Waals surface area contributed by atoms with E-state index in [-0.39, 0.29) is 17.1 Å². The molecule has 0 aliphatic rings. The quantitative estimate of drug-likeness (QED) is 0.423. The minimum atomic E-state index is -0.255. The van der Waals surface area contributed by atoms with E-state index in [1.54, 1.807) is 0 Å². The summed E-state index contributed by atoms with van der Waals surface area (Å²) < 4.78 is 6.07. The van der Waals surface area contributed by atoms with Crippen LogP contribution in [0.25, 0.3) is 0 Å². The molecular weight excluding hydrogens is 310 g/mol. The van der Waals surface area contributed by atoms with Gasteiger partial charge in [0.25, 0.3) is 0 Å². The molecule has 0 aromatic heterocycles. The van der Waals surface area contributed by atoms with Gasteiger partial charge < -0.3 is 10.1 Å². The molecule has 0 fully saturated rings. The maximum Gasteiger partial charge on any atom is 0.135 e. The summed E-state index contributed by atoms with van der Waals surface area (Å²) in [6, 6.07) is 0.